The number of carbonyl (C=O) groups is 4. The Morgan fingerprint density at radius 2 is 1.77 bits per heavy atom. The van der Waals surface area contributed by atoms with Gasteiger partial charge in [-0.25, -0.2) is 14.4 Å². The largest absolute Gasteiger partial charge is 0.503 e. The van der Waals surface area contributed by atoms with E-state index in [1.165, 1.54) is 24.3 Å². The van der Waals surface area contributed by atoms with Crippen molar-refractivity contribution < 1.29 is 33.8 Å². The van der Waals surface area contributed by atoms with E-state index in [1.54, 1.807) is 0 Å². The molecule has 1 aromatic carbocycles. The zero-order valence-corrected chi connectivity index (χ0v) is 14.4. The molecule has 0 saturated carbocycles. The van der Waals surface area contributed by atoms with Crippen molar-refractivity contribution in [1.82, 2.24) is 5.32 Å². The number of hydrogen-bond acceptors (Lipinski definition) is 7. The number of nitrogens with one attached hydrogen (secondary N) is 1. The zero-order valence-electron chi connectivity index (χ0n) is 13.6. The van der Waals surface area contributed by atoms with Crippen molar-refractivity contribution in [2.24, 2.45) is 5.73 Å². The van der Waals surface area contributed by atoms with Crippen LogP contribution in [0.1, 0.15) is 0 Å². The fourth-order valence-electron chi connectivity index (χ4n) is 2.58. The van der Waals surface area contributed by atoms with Crippen LogP contribution in [0.15, 0.2) is 35.6 Å². The smallest absolute Gasteiger partial charge is 0.358 e. The molecule has 4 N–H and O–H groups in total. The summed E-state index contributed by atoms with van der Waals surface area (Å²) in [4.78, 5) is 49.6. The number of amides is 3. The normalized spacial score (nSPS) is 19.3. The first-order valence-corrected chi connectivity index (χ1v) is 7.36. The first-order chi connectivity index (χ1) is 12.2. The summed E-state index contributed by atoms with van der Waals surface area (Å²) >= 11 is 5.81. The molecule has 26 heavy (non-hydrogen) atoms. The molecule has 0 radical (unpaired) electrons. The van der Waals surface area contributed by atoms with E-state index in [0.29, 0.717) is 9.92 Å². The second kappa shape index (κ2) is 6.92. The molecule has 1 atom stereocenters. The van der Waals surface area contributed by atoms with Crippen molar-refractivity contribution in [3.05, 3.63) is 40.6 Å². The van der Waals surface area contributed by atoms with E-state index in [9.17, 15) is 24.3 Å². The molecule has 1 aliphatic heterocycles. The summed E-state index contributed by atoms with van der Waals surface area (Å²) in [5, 5.41) is 12.5. The van der Waals surface area contributed by atoms with Gasteiger partial charge in [0.2, 0.25) is 0 Å². The lowest BCUT2D eigenvalue weighted by Crippen LogP contribution is -2.67. The third kappa shape index (κ3) is 2.80. The molecule has 0 fully saturated rings. The maximum absolute atomic E-state index is 12.6. The van der Waals surface area contributed by atoms with Crippen LogP contribution in [-0.2, 0) is 23.9 Å². The van der Waals surface area contributed by atoms with Gasteiger partial charge in [0, 0.05) is 10.7 Å². The lowest BCUT2D eigenvalue weighted by Gasteiger charge is -2.36. The molecule has 3 amide bonds. The summed E-state index contributed by atoms with van der Waals surface area (Å²) < 4.78 is 9.18. The van der Waals surface area contributed by atoms with Crippen molar-refractivity contribution in [3.8, 4) is 0 Å². The van der Waals surface area contributed by atoms with Crippen molar-refractivity contribution in [2.45, 2.75) is 5.66 Å². The number of carbonyl (C=O) groups excluding carboxylic acids is 4. The Hall–Kier alpha value is -3.27. The highest BCUT2D eigenvalue weighted by Gasteiger charge is 2.63. The first-order valence-electron chi connectivity index (χ1n) is 6.98. The van der Waals surface area contributed by atoms with Crippen LogP contribution < -0.4 is 16.0 Å². The Morgan fingerprint density at radius 1 is 1.19 bits per heavy atom. The summed E-state index contributed by atoms with van der Waals surface area (Å²) in [5.41, 5.74) is 1.74. The number of esters is 2. The van der Waals surface area contributed by atoms with Crippen molar-refractivity contribution in [1.29, 1.82) is 0 Å². The number of nitrogens with zero attached hydrogens (tertiary/aromatic N) is 1. The highest BCUT2D eigenvalue weighted by molar-refractivity contribution is 6.30. The summed E-state index contributed by atoms with van der Waals surface area (Å²) in [6.45, 7) is 0. The Morgan fingerprint density at radius 3 is 2.23 bits per heavy atom. The number of primary amides is 1. The monoisotopic (exact) mass is 383 g/mol. The van der Waals surface area contributed by atoms with Gasteiger partial charge in [0.15, 0.2) is 5.76 Å². The summed E-state index contributed by atoms with van der Waals surface area (Å²) in [7, 11) is 1.92. The van der Waals surface area contributed by atoms with Crippen LogP contribution in [0.3, 0.4) is 0 Å². The third-order valence-electron chi connectivity index (χ3n) is 3.60. The lowest BCUT2D eigenvalue weighted by atomic mass is 9.99. The Labute approximate surface area is 152 Å². The van der Waals surface area contributed by atoms with Gasteiger partial charge < -0.3 is 25.6 Å². The number of benzene rings is 1. The molecule has 0 aromatic heterocycles. The molecule has 1 aliphatic rings. The van der Waals surface area contributed by atoms with Gasteiger partial charge in [0.05, 0.1) is 14.2 Å². The standard InChI is InChI=1S/C15H14ClN3O7/c1-25-12(22)9-10(20)11(21)19(8-5-3-7(16)4-6-8)15(9,13(23)26-2)18-14(17)24/h3-6,20H,1-2H3,(H3,17,18,24). The van der Waals surface area contributed by atoms with E-state index in [-0.39, 0.29) is 5.69 Å². The molecule has 0 spiro atoms. The zero-order chi connectivity index (χ0) is 19.6. The van der Waals surface area contributed by atoms with Gasteiger partial charge in [-0.15, -0.1) is 0 Å². The van der Waals surface area contributed by atoms with Gasteiger partial charge in [-0.1, -0.05) is 11.6 Å². The van der Waals surface area contributed by atoms with Gasteiger partial charge in [-0.3, -0.25) is 9.69 Å². The Kier molecular flexibility index (Phi) is 5.07. The molecule has 1 aromatic rings. The minimum atomic E-state index is -2.57. The molecule has 1 heterocycles. The number of aliphatic hydroxyl groups excluding tert-OH is 1. The molecule has 0 aliphatic carbocycles. The highest BCUT2D eigenvalue weighted by Crippen LogP contribution is 2.39. The molecule has 0 bridgehead atoms. The quantitative estimate of drug-likeness (QED) is 0.629. The fourth-order valence-corrected chi connectivity index (χ4v) is 2.71. The molecule has 0 saturated heterocycles. The number of methoxy groups -OCH3 is 2. The fraction of sp³-hybridized carbons (Fsp3) is 0.200. The summed E-state index contributed by atoms with van der Waals surface area (Å²) in [6, 6.07) is 4.17. The second-order valence-corrected chi connectivity index (χ2v) is 5.46. The number of aliphatic hydroxyl groups is 1. The number of halogens is 1. The number of hydrogen-bond donors (Lipinski definition) is 3. The average Bonchev–Trinajstić information content (AvgIpc) is 2.82. The van der Waals surface area contributed by atoms with Gasteiger partial charge in [0.1, 0.15) is 5.57 Å². The summed E-state index contributed by atoms with van der Waals surface area (Å²) in [5.74, 6) is -4.77. The molecular formula is C15H14ClN3O7. The minimum Gasteiger partial charge on any atom is -0.503 e. The van der Waals surface area contributed by atoms with Crippen LogP contribution >= 0.6 is 11.6 Å². The maximum Gasteiger partial charge on any atom is 0.358 e. The number of anilines is 1. The molecular weight excluding hydrogens is 370 g/mol. The van der Waals surface area contributed by atoms with Crippen molar-refractivity contribution in [2.75, 3.05) is 19.1 Å². The van der Waals surface area contributed by atoms with E-state index in [1.807, 2.05) is 5.32 Å². The van der Waals surface area contributed by atoms with Gasteiger partial charge in [-0.2, -0.15) is 0 Å². The van der Waals surface area contributed by atoms with Crippen LogP contribution in [0.25, 0.3) is 0 Å². The molecule has 138 valence electrons. The van der Waals surface area contributed by atoms with E-state index >= 15 is 0 Å². The topological polar surface area (TPSA) is 148 Å². The number of rotatable bonds is 4. The second-order valence-electron chi connectivity index (χ2n) is 5.02. The number of nitrogens with two attached hydrogens (primary N) is 1. The van der Waals surface area contributed by atoms with Gasteiger partial charge in [0.25, 0.3) is 11.6 Å². The Bertz CT molecular complexity index is 821. The van der Waals surface area contributed by atoms with E-state index in [2.05, 4.69) is 9.47 Å². The predicted molar refractivity (Wildman–Crippen MR) is 88.1 cm³/mol. The SMILES string of the molecule is COC(=O)C1=C(O)C(=O)N(c2ccc(Cl)cc2)C1(NC(N)=O)C(=O)OC. The van der Waals surface area contributed by atoms with E-state index < -0.39 is 40.9 Å². The van der Waals surface area contributed by atoms with E-state index in [0.717, 1.165) is 14.2 Å². The van der Waals surface area contributed by atoms with Crippen LogP contribution in [0.4, 0.5) is 10.5 Å². The van der Waals surface area contributed by atoms with Crippen LogP contribution in [0.2, 0.25) is 5.02 Å². The molecule has 10 nitrogen and oxygen atoms in total. The first kappa shape index (κ1) is 19.1. The number of ether oxygens (including phenoxy) is 2. The van der Waals surface area contributed by atoms with Crippen LogP contribution in [-0.4, -0.2) is 48.9 Å². The van der Waals surface area contributed by atoms with Crippen molar-refractivity contribution >= 4 is 41.2 Å². The number of urea groups is 1. The van der Waals surface area contributed by atoms with Crippen molar-refractivity contribution in [3.63, 3.8) is 0 Å². The third-order valence-corrected chi connectivity index (χ3v) is 3.85. The Balaban J connectivity index is 2.82. The molecule has 11 heteroatoms. The average molecular weight is 384 g/mol. The lowest BCUT2D eigenvalue weighted by molar-refractivity contribution is -0.149. The van der Waals surface area contributed by atoms with Crippen LogP contribution in [0.5, 0.6) is 0 Å². The minimum absolute atomic E-state index is 0.0176. The summed E-state index contributed by atoms with van der Waals surface area (Å²) in [6.07, 6.45) is 0. The van der Waals surface area contributed by atoms with Crippen LogP contribution in [0, 0.1) is 0 Å². The van der Waals surface area contributed by atoms with E-state index in [4.69, 9.17) is 17.3 Å². The maximum atomic E-state index is 12.6. The van der Waals surface area contributed by atoms with Gasteiger partial charge >= 0.3 is 18.0 Å². The molecule has 2 rings (SSSR count). The van der Waals surface area contributed by atoms with Gasteiger partial charge in [-0.05, 0) is 24.3 Å². The highest BCUT2D eigenvalue weighted by atomic mass is 35.5. The predicted octanol–water partition coefficient (Wildman–Crippen LogP) is 0.209. The molecule has 1 unspecified atom stereocenters.